The van der Waals surface area contributed by atoms with E-state index < -0.39 is 0 Å². The van der Waals surface area contributed by atoms with Gasteiger partial charge in [-0.2, -0.15) is 0 Å². The first-order valence-electron chi connectivity index (χ1n) is 11.0. The van der Waals surface area contributed by atoms with Crippen LogP contribution in [-0.2, 0) is 4.79 Å². The fourth-order valence-corrected chi connectivity index (χ4v) is 4.21. The van der Waals surface area contributed by atoms with Gasteiger partial charge in [-0.25, -0.2) is 0 Å². The summed E-state index contributed by atoms with van der Waals surface area (Å²) in [6, 6.07) is 0. The number of hydrogen-bond donors (Lipinski definition) is 0. The molecule has 1 heteroatoms. The molecule has 0 radical (unpaired) electrons. The molecule has 144 valence electrons. The number of carbonyl (C=O) groups excluding carboxylic acids is 1. The summed E-state index contributed by atoms with van der Waals surface area (Å²) in [5, 5.41) is 0. The quantitative estimate of drug-likeness (QED) is 0.245. The Kier molecular flexibility index (Phi) is 14.8. The summed E-state index contributed by atoms with van der Waals surface area (Å²) in [5.74, 6) is 1.05. The van der Waals surface area contributed by atoms with Crippen LogP contribution in [0.4, 0.5) is 0 Å². The molecule has 0 aromatic rings. The van der Waals surface area contributed by atoms with E-state index in [4.69, 9.17) is 0 Å². The van der Waals surface area contributed by atoms with E-state index in [1.54, 1.807) is 0 Å². The molecule has 24 heavy (non-hydrogen) atoms. The Labute approximate surface area is 153 Å². The lowest BCUT2D eigenvalue weighted by Gasteiger charge is -2.33. The maximum Gasteiger partial charge on any atom is 0.135 e. The fraction of sp³-hybridized carbons (Fsp3) is 0.957. The van der Waals surface area contributed by atoms with Gasteiger partial charge in [-0.3, -0.25) is 4.79 Å². The molecule has 0 rings (SSSR count). The lowest BCUT2D eigenvalue weighted by atomic mass is 9.70. The van der Waals surface area contributed by atoms with Crippen LogP contribution in [0.2, 0.25) is 0 Å². The van der Waals surface area contributed by atoms with Gasteiger partial charge >= 0.3 is 0 Å². The van der Waals surface area contributed by atoms with E-state index in [-0.39, 0.29) is 5.41 Å². The highest BCUT2D eigenvalue weighted by Crippen LogP contribution is 2.38. The van der Waals surface area contributed by atoms with E-state index >= 15 is 0 Å². The van der Waals surface area contributed by atoms with Gasteiger partial charge in [0, 0.05) is 5.41 Å². The normalized spacial score (nSPS) is 14.1. The topological polar surface area (TPSA) is 17.1 Å². The predicted molar refractivity (Wildman–Crippen MR) is 109 cm³/mol. The molecule has 0 spiro atoms. The number of hydrogen-bond acceptors (Lipinski definition) is 1. The number of unbranched alkanes of at least 4 members (excludes halogenated alkanes) is 10. The van der Waals surface area contributed by atoms with Gasteiger partial charge in [-0.1, -0.05) is 105 Å². The molecule has 0 fully saturated rings. The van der Waals surface area contributed by atoms with Crippen LogP contribution < -0.4 is 0 Å². The average Bonchev–Trinajstić information content (AvgIpc) is 2.52. The molecule has 1 nitrogen and oxygen atoms in total. The minimum absolute atomic E-state index is 0.0256. The van der Waals surface area contributed by atoms with Crippen molar-refractivity contribution in [3.05, 3.63) is 0 Å². The average molecular weight is 339 g/mol. The van der Waals surface area contributed by atoms with Crippen LogP contribution in [-0.4, -0.2) is 5.78 Å². The first-order valence-corrected chi connectivity index (χ1v) is 11.0. The Hall–Kier alpha value is -0.330. The van der Waals surface area contributed by atoms with Crippen LogP contribution >= 0.6 is 0 Å². The molecule has 0 aliphatic heterocycles. The van der Waals surface area contributed by atoms with Gasteiger partial charge in [-0.15, -0.1) is 0 Å². The SMILES string of the molecule is CCCCCCCCCCCCCC(CCC)(CC(C)C)C(C)=O. The van der Waals surface area contributed by atoms with Crippen LogP contribution in [0.25, 0.3) is 0 Å². The molecule has 0 aromatic carbocycles. The van der Waals surface area contributed by atoms with Crippen LogP contribution in [0.3, 0.4) is 0 Å². The van der Waals surface area contributed by atoms with E-state index in [9.17, 15) is 4.79 Å². The zero-order valence-corrected chi connectivity index (χ0v) is 17.6. The number of ketones is 1. The smallest absolute Gasteiger partial charge is 0.135 e. The zero-order chi connectivity index (χ0) is 18.3. The van der Waals surface area contributed by atoms with E-state index in [1.165, 1.54) is 70.6 Å². The van der Waals surface area contributed by atoms with Gasteiger partial charge < -0.3 is 0 Å². The molecule has 0 bridgehead atoms. The van der Waals surface area contributed by atoms with Gasteiger partial charge in [0.05, 0.1) is 0 Å². The highest BCUT2D eigenvalue weighted by Gasteiger charge is 2.34. The standard InChI is InChI=1S/C23H46O/c1-6-8-9-10-11-12-13-14-15-16-17-19-23(18-7-2,22(5)24)20-21(3)4/h21H,6-20H2,1-5H3. The summed E-state index contributed by atoms with van der Waals surface area (Å²) in [4.78, 5) is 12.3. The third kappa shape index (κ3) is 11.3. The minimum atomic E-state index is -0.0256. The second-order valence-electron chi connectivity index (χ2n) is 8.47. The summed E-state index contributed by atoms with van der Waals surface area (Å²) in [7, 11) is 0. The van der Waals surface area contributed by atoms with Gasteiger partial charge in [0.2, 0.25) is 0 Å². The van der Waals surface area contributed by atoms with Crippen molar-refractivity contribution in [3.63, 3.8) is 0 Å². The Balaban J connectivity index is 3.86. The first kappa shape index (κ1) is 23.7. The highest BCUT2D eigenvalue weighted by molar-refractivity contribution is 5.82. The molecule has 0 aliphatic carbocycles. The van der Waals surface area contributed by atoms with Crippen LogP contribution in [0.5, 0.6) is 0 Å². The van der Waals surface area contributed by atoms with E-state index in [1.807, 2.05) is 6.92 Å². The van der Waals surface area contributed by atoms with Crippen molar-refractivity contribution in [2.45, 2.75) is 131 Å². The molecule has 0 saturated heterocycles. The van der Waals surface area contributed by atoms with Gasteiger partial charge in [0.15, 0.2) is 0 Å². The van der Waals surface area contributed by atoms with Crippen molar-refractivity contribution >= 4 is 5.78 Å². The summed E-state index contributed by atoms with van der Waals surface area (Å²) in [5.41, 5.74) is -0.0256. The number of carbonyl (C=O) groups is 1. The van der Waals surface area contributed by atoms with Crippen molar-refractivity contribution < 1.29 is 4.79 Å². The maximum atomic E-state index is 12.3. The van der Waals surface area contributed by atoms with Crippen molar-refractivity contribution in [1.82, 2.24) is 0 Å². The molecule has 0 heterocycles. The zero-order valence-electron chi connectivity index (χ0n) is 17.6. The van der Waals surface area contributed by atoms with E-state index in [0.717, 1.165) is 25.7 Å². The molecule has 0 saturated carbocycles. The van der Waals surface area contributed by atoms with Crippen molar-refractivity contribution in [2.24, 2.45) is 11.3 Å². The lowest BCUT2D eigenvalue weighted by molar-refractivity contribution is -0.128. The third-order valence-corrected chi connectivity index (χ3v) is 5.53. The lowest BCUT2D eigenvalue weighted by Crippen LogP contribution is -2.31. The predicted octanol–water partition coefficient (Wildman–Crippen LogP) is 8.11. The van der Waals surface area contributed by atoms with Gasteiger partial charge in [-0.05, 0) is 32.1 Å². The van der Waals surface area contributed by atoms with Crippen LogP contribution in [0.15, 0.2) is 0 Å². The third-order valence-electron chi connectivity index (χ3n) is 5.53. The van der Waals surface area contributed by atoms with Gasteiger partial charge in [0.25, 0.3) is 0 Å². The summed E-state index contributed by atoms with van der Waals surface area (Å²) < 4.78 is 0. The molecule has 0 N–H and O–H groups in total. The minimum Gasteiger partial charge on any atom is -0.299 e. The highest BCUT2D eigenvalue weighted by atomic mass is 16.1. The Morgan fingerprint density at radius 3 is 1.54 bits per heavy atom. The second kappa shape index (κ2) is 15.0. The van der Waals surface area contributed by atoms with Crippen molar-refractivity contribution in [3.8, 4) is 0 Å². The Morgan fingerprint density at radius 1 is 0.708 bits per heavy atom. The fourth-order valence-electron chi connectivity index (χ4n) is 4.21. The summed E-state index contributed by atoms with van der Waals surface area (Å²) in [6.07, 6.45) is 19.6. The van der Waals surface area contributed by atoms with Crippen LogP contribution in [0, 0.1) is 11.3 Å². The van der Waals surface area contributed by atoms with Crippen molar-refractivity contribution in [2.75, 3.05) is 0 Å². The van der Waals surface area contributed by atoms with E-state index in [0.29, 0.717) is 11.7 Å². The first-order chi connectivity index (χ1) is 11.5. The largest absolute Gasteiger partial charge is 0.299 e. The monoisotopic (exact) mass is 338 g/mol. The number of rotatable bonds is 17. The maximum absolute atomic E-state index is 12.3. The van der Waals surface area contributed by atoms with Crippen molar-refractivity contribution in [1.29, 1.82) is 0 Å². The molecular formula is C23H46O. The Bertz CT molecular complexity index is 294. The molecule has 1 unspecified atom stereocenters. The Morgan fingerprint density at radius 2 is 1.17 bits per heavy atom. The van der Waals surface area contributed by atoms with Gasteiger partial charge in [0.1, 0.15) is 5.78 Å². The molecular weight excluding hydrogens is 292 g/mol. The molecule has 0 aliphatic rings. The molecule has 0 amide bonds. The molecule has 1 atom stereocenters. The summed E-state index contributed by atoms with van der Waals surface area (Å²) in [6.45, 7) is 10.8. The second-order valence-corrected chi connectivity index (χ2v) is 8.47. The van der Waals surface area contributed by atoms with E-state index in [2.05, 4.69) is 27.7 Å². The molecule has 0 aromatic heterocycles. The van der Waals surface area contributed by atoms with Crippen LogP contribution in [0.1, 0.15) is 131 Å². The summed E-state index contributed by atoms with van der Waals surface area (Å²) >= 11 is 0. The number of Topliss-reactive ketones (excluding diaryl/α,β-unsaturated/α-hetero) is 1.